The van der Waals surface area contributed by atoms with Crippen LogP contribution in [-0.4, -0.2) is 42.7 Å². The van der Waals surface area contributed by atoms with Gasteiger partial charge in [-0.2, -0.15) is 5.10 Å². The van der Waals surface area contributed by atoms with Gasteiger partial charge in [-0.25, -0.2) is 9.67 Å². The monoisotopic (exact) mass is 397 g/mol. The number of methoxy groups -OCH3 is 2. The minimum absolute atomic E-state index is 0.550. The second-order valence-electron chi connectivity index (χ2n) is 8.15. The van der Waals surface area contributed by atoms with Crippen LogP contribution in [0.15, 0.2) is 23.2 Å². The molecule has 4 rings (SSSR count). The van der Waals surface area contributed by atoms with Crippen LogP contribution in [0.25, 0.3) is 11.1 Å². The standard InChI is InChI=1S/C22H31N5O2/c1-15-20(17-10-11-18(28-3)19(12-17)29-4)21-25-22(2,24-14-27(21)26-15)23-13-16-8-6-5-7-9-16/h10-12,14,16,23,25H,5-9,13H2,1-4H3. The predicted octanol–water partition coefficient (Wildman–Crippen LogP) is 4.02. The van der Waals surface area contributed by atoms with Crippen molar-refractivity contribution in [1.29, 1.82) is 0 Å². The first-order valence-electron chi connectivity index (χ1n) is 10.4. The van der Waals surface area contributed by atoms with Crippen LogP contribution in [0.1, 0.15) is 44.7 Å². The Morgan fingerprint density at radius 2 is 1.93 bits per heavy atom. The average Bonchev–Trinajstić information content (AvgIpc) is 3.07. The summed E-state index contributed by atoms with van der Waals surface area (Å²) in [7, 11) is 3.30. The number of anilines is 1. The van der Waals surface area contributed by atoms with Crippen LogP contribution in [0.3, 0.4) is 0 Å². The molecule has 1 unspecified atom stereocenters. The summed E-state index contributed by atoms with van der Waals surface area (Å²) in [5.41, 5.74) is 3.00. The summed E-state index contributed by atoms with van der Waals surface area (Å²) in [6.07, 6.45) is 8.47. The van der Waals surface area contributed by atoms with E-state index in [1.807, 2.05) is 29.8 Å². The lowest BCUT2D eigenvalue weighted by atomic mass is 9.89. The first-order chi connectivity index (χ1) is 14.0. The van der Waals surface area contributed by atoms with Crippen molar-refractivity contribution in [3.8, 4) is 22.6 Å². The van der Waals surface area contributed by atoms with Gasteiger partial charge in [0.15, 0.2) is 17.3 Å². The minimum atomic E-state index is -0.550. The fourth-order valence-electron chi connectivity index (χ4n) is 4.35. The molecule has 0 saturated heterocycles. The van der Waals surface area contributed by atoms with Gasteiger partial charge in [-0.15, -0.1) is 0 Å². The van der Waals surface area contributed by atoms with Crippen molar-refractivity contribution in [1.82, 2.24) is 15.1 Å². The molecule has 7 heteroatoms. The van der Waals surface area contributed by atoms with Crippen LogP contribution < -0.4 is 20.1 Å². The van der Waals surface area contributed by atoms with Crippen molar-refractivity contribution in [3.63, 3.8) is 0 Å². The Kier molecular flexibility index (Phi) is 5.50. The molecule has 1 fully saturated rings. The maximum Gasteiger partial charge on any atom is 0.184 e. The average molecular weight is 398 g/mol. The molecule has 2 aromatic rings. The van der Waals surface area contributed by atoms with E-state index < -0.39 is 5.79 Å². The Labute approximate surface area is 172 Å². The van der Waals surface area contributed by atoms with Crippen molar-refractivity contribution in [2.75, 3.05) is 26.1 Å². The zero-order valence-corrected chi connectivity index (χ0v) is 17.8. The van der Waals surface area contributed by atoms with Crippen LogP contribution in [0, 0.1) is 12.8 Å². The number of rotatable bonds is 6. The van der Waals surface area contributed by atoms with Crippen LogP contribution in [0.2, 0.25) is 0 Å². The van der Waals surface area contributed by atoms with E-state index in [0.717, 1.165) is 35.1 Å². The molecule has 7 nitrogen and oxygen atoms in total. The molecule has 2 heterocycles. The van der Waals surface area contributed by atoms with E-state index in [2.05, 4.69) is 22.7 Å². The Hall–Kier alpha value is -2.54. The predicted molar refractivity (Wildman–Crippen MR) is 116 cm³/mol. The fourth-order valence-corrected chi connectivity index (χ4v) is 4.35. The van der Waals surface area contributed by atoms with E-state index in [1.165, 1.54) is 32.1 Å². The van der Waals surface area contributed by atoms with Gasteiger partial charge in [-0.05, 0) is 50.3 Å². The van der Waals surface area contributed by atoms with Gasteiger partial charge in [-0.3, -0.25) is 5.32 Å². The highest BCUT2D eigenvalue weighted by Crippen LogP contribution is 2.38. The van der Waals surface area contributed by atoms with Crippen molar-refractivity contribution in [3.05, 3.63) is 23.9 Å². The number of hydrogen-bond acceptors (Lipinski definition) is 6. The Morgan fingerprint density at radius 3 is 2.66 bits per heavy atom. The maximum atomic E-state index is 5.49. The molecule has 156 valence electrons. The van der Waals surface area contributed by atoms with Gasteiger partial charge >= 0.3 is 0 Å². The molecule has 0 bridgehead atoms. The Balaban J connectivity index is 1.59. The maximum absolute atomic E-state index is 5.49. The minimum Gasteiger partial charge on any atom is -0.493 e. The van der Waals surface area contributed by atoms with Gasteiger partial charge < -0.3 is 14.8 Å². The van der Waals surface area contributed by atoms with Crippen molar-refractivity contribution >= 4 is 12.2 Å². The van der Waals surface area contributed by atoms with E-state index >= 15 is 0 Å². The van der Waals surface area contributed by atoms with Crippen molar-refractivity contribution in [2.45, 2.75) is 51.7 Å². The molecule has 0 radical (unpaired) electrons. The molecule has 1 aromatic heterocycles. The van der Waals surface area contributed by atoms with Gasteiger partial charge in [0.2, 0.25) is 0 Å². The van der Waals surface area contributed by atoms with Crippen LogP contribution in [0.4, 0.5) is 5.82 Å². The third-order valence-corrected chi connectivity index (χ3v) is 6.00. The highest BCUT2D eigenvalue weighted by Gasteiger charge is 2.31. The number of fused-ring (bicyclic) bond motifs is 1. The van der Waals surface area contributed by atoms with Crippen molar-refractivity contribution in [2.24, 2.45) is 10.9 Å². The first kappa shape index (κ1) is 19.8. The number of benzene rings is 1. The Bertz CT molecular complexity index is 901. The van der Waals surface area contributed by atoms with Crippen molar-refractivity contribution < 1.29 is 9.47 Å². The summed E-state index contributed by atoms with van der Waals surface area (Å²) in [4.78, 5) is 4.70. The summed E-state index contributed by atoms with van der Waals surface area (Å²) in [6, 6.07) is 5.95. The summed E-state index contributed by atoms with van der Waals surface area (Å²) in [6.45, 7) is 5.07. The van der Waals surface area contributed by atoms with E-state index in [4.69, 9.17) is 14.5 Å². The van der Waals surface area contributed by atoms with Gasteiger partial charge in [0, 0.05) is 12.1 Å². The zero-order chi connectivity index (χ0) is 20.4. The first-order valence-corrected chi connectivity index (χ1v) is 10.4. The van der Waals surface area contributed by atoms with Crippen LogP contribution in [-0.2, 0) is 0 Å². The molecule has 1 aliphatic heterocycles. The highest BCUT2D eigenvalue weighted by atomic mass is 16.5. The third kappa shape index (κ3) is 3.96. The Morgan fingerprint density at radius 1 is 1.17 bits per heavy atom. The molecule has 2 aliphatic rings. The molecule has 1 saturated carbocycles. The van der Waals surface area contributed by atoms with E-state index in [0.29, 0.717) is 11.5 Å². The molecule has 29 heavy (non-hydrogen) atoms. The number of ether oxygens (including phenoxy) is 2. The molecule has 1 aromatic carbocycles. The van der Waals surface area contributed by atoms with Gasteiger partial charge in [0.25, 0.3) is 0 Å². The molecule has 1 aliphatic carbocycles. The number of hydrogen-bond donors (Lipinski definition) is 2. The zero-order valence-electron chi connectivity index (χ0n) is 17.8. The molecular formula is C22H31N5O2. The number of aryl methyl sites for hydroxylation is 1. The number of aromatic nitrogens is 2. The number of nitrogens with zero attached hydrogens (tertiary/aromatic N) is 3. The lowest BCUT2D eigenvalue weighted by Gasteiger charge is -2.34. The molecule has 0 spiro atoms. The third-order valence-electron chi connectivity index (χ3n) is 6.00. The van der Waals surface area contributed by atoms with E-state index in [-0.39, 0.29) is 0 Å². The lowest BCUT2D eigenvalue weighted by molar-refractivity contribution is 0.301. The summed E-state index contributed by atoms with van der Waals surface area (Å²) >= 11 is 0. The lowest BCUT2D eigenvalue weighted by Crippen LogP contribution is -2.51. The van der Waals surface area contributed by atoms with E-state index in [1.54, 1.807) is 20.6 Å². The number of aliphatic imine (C=N–C) groups is 1. The second-order valence-corrected chi connectivity index (χ2v) is 8.15. The van der Waals surface area contributed by atoms with Crippen LogP contribution >= 0.6 is 0 Å². The highest BCUT2D eigenvalue weighted by molar-refractivity contribution is 5.85. The molecule has 0 amide bonds. The van der Waals surface area contributed by atoms with Crippen LogP contribution in [0.5, 0.6) is 11.5 Å². The van der Waals surface area contributed by atoms with E-state index in [9.17, 15) is 0 Å². The fraction of sp³-hybridized carbons (Fsp3) is 0.545. The van der Waals surface area contributed by atoms with Gasteiger partial charge in [0.05, 0.1) is 19.9 Å². The quantitative estimate of drug-likeness (QED) is 0.770. The largest absolute Gasteiger partial charge is 0.493 e. The smallest absolute Gasteiger partial charge is 0.184 e. The number of nitrogens with one attached hydrogen (secondary N) is 2. The normalized spacial score (nSPS) is 21.5. The summed E-state index contributed by atoms with van der Waals surface area (Å²) < 4.78 is 12.7. The molecular weight excluding hydrogens is 366 g/mol. The topological polar surface area (TPSA) is 72.7 Å². The second kappa shape index (κ2) is 8.06. The molecule has 2 N–H and O–H groups in total. The SMILES string of the molecule is COc1ccc(-c2c(C)nn3c2NC(C)(NCC2CCCCC2)N=C3)cc1OC. The summed E-state index contributed by atoms with van der Waals surface area (Å²) in [5, 5.41) is 11.9. The summed E-state index contributed by atoms with van der Waals surface area (Å²) in [5.74, 6) is 2.53. The molecule has 1 atom stereocenters. The van der Waals surface area contributed by atoms with Gasteiger partial charge in [-0.1, -0.05) is 25.3 Å². The van der Waals surface area contributed by atoms with Gasteiger partial charge in [0.1, 0.15) is 12.2 Å².